The van der Waals surface area contributed by atoms with Crippen LogP contribution in [0.1, 0.15) is 23.7 Å². The molecule has 1 saturated heterocycles. The number of hydrogen-bond donors (Lipinski definition) is 1. The summed E-state index contributed by atoms with van der Waals surface area (Å²) in [7, 11) is 0.845. The normalized spacial score (nSPS) is 20.7. The van der Waals surface area contributed by atoms with Crippen molar-refractivity contribution in [2.24, 2.45) is 7.05 Å². The number of sulfone groups is 1. The topological polar surface area (TPSA) is 61.3 Å². The molecular formula is C16H22FN4O2S2+. The molecule has 1 aromatic heterocycles. The van der Waals surface area contributed by atoms with E-state index in [9.17, 15) is 12.8 Å². The van der Waals surface area contributed by atoms with Crippen LogP contribution in [0, 0.1) is 10.6 Å². The fraction of sp³-hybridized carbons (Fsp3) is 0.500. The molecule has 1 unspecified atom stereocenters. The molecule has 6 nitrogen and oxygen atoms in total. The highest BCUT2D eigenvalue weighted by atomic mass is 32.2. The predicted molar refractivity (Wildman–Crippen MR) is 95.0 cm³/mol. The highest BCUT2D eigenvalue weighted by Gasteiger charge is 2.32. The molecule has 0 bridgehead atoms. The molecule has 2 atom stereocenters. The Hall–Kier alpha value is -1.58. The van der Waals surface area contributed by atoms with Gasteiger partial charge in [0.25, 0.3) is 0 Å². The van der Waals surface area contributed by atoms with Crippen LogP contribution in [0.15, 0.2) is 24.3 Å². The summed E-state index contributed by atoms with van der Waals surface area (Å²) in [5.41, 5.74) is 0.905. The molecule has 25 heavy (non-hydrogen) atoms. The van der Waals surface area contributed by atoms with E-state index in [4.69, 9.17) is 12.2 Å². The number of rotatable bonds is 5. The molecule has 0 saturated carbocycles. The molecule has 1 aromatic carbocycles. The minimum Gasteiger partial charge on any atom is -0.315 e. The van der Waals surface area contributed by atoms with Gasteiger partial charge in [0.15, 0.2) is 16.5 Å². The molecule has 0 spiro atoms. The van der Waals surface area contributed by atoms with Crippen molar-refractivity contribution >= 4 is 22.1 Å². The molecule has 1 N–H and O–H groups in total. The smallest absolute Gasteiger partial charge is 0.202 e. The third-order valence-corrected chi connectivity index (χ3v) is 6.74. The van der Waals surface area contributed by atoms with E-state index in [-0.39, 0.29) is 23.2 Å². The summed E-state index contributed by atoms with van der Waals surface area (Å²) in [6, 6.07) is 6.54. The Labute approximate surface area is 151 Å². The Kier molecular flexibility index (Phi) is 5.08. The van der Waals surface area contributed by atoms with Gasteiger partial charge in [0.05, 0.1) is 18.6 Å². The van der Waals surface area contributed by atoms with Crippen LogP contribution >= 0.6 is 12.2 Å². The van der Waals surface area contributed by atoms with Gasteiger partial charge in [-0.25, -0.2) is 12.8 Å². The highest BCUT2D eigenvalue weighted by Crippen LogP contribution is 2.27. The molecule has 0 aliphatic carbocycles. The van der Waals surface area contributed by atoms with Crippen molar-refractivity contribution in [2.75, 3.05) is 18.6 Å². The van der Waals surface area contributed by atoms with Crippen molar-refractivity contribution in [1.82, 2.24) is 14.3 Å². The van der Waals surface area contributed by atoms with Gasteiger partial charge in [0.2, 0.25) is 4.77 Å². The zero-order valence-electron chi connectivity index (χ0n) is 14.3. The van der Waals surface area contributed by atoms with E-state index >= 15 is 0 Å². The van der Waals surface area contributed by atoms with E-state index in [1.165, 1.54) is 12.1 Å². The van der Waals surface area contributed by atoms with Gasteiger partial charge >= 0.3 is 0 Å². The standard InChI is InChI=1S/C16H21FN4O2S2/c1-19(9-12-4-3-5-14(17)8-12)11-21-16(24)20(2)15(18-21)13-6-7-25(22,23)10-13/h3-5,8,13H,6-7,9-11H2,1-2H3/p+1/t13-/m0/s1. The lowest BCUT2D eigenvalue weighted by molar-refractivity contribution is -0.917. The summed E-state index contributed by atoms with van der Waals surface area (Å²) in [5, 5.41) is 4.57. The SMILES string of the molecule is Cn1c([C@H]2CCS(=O)(=O)C2)nn(C[NH+](C)Cc2cccc(F)c2)c1=S. The molecule has 0 radical (unpaired) electrons. The molecule has 1 fully saturated rings. The van der Waals surface area contributed by atoms with Gasteiger partial charge in [-0.1, -0.05) is 12.1 Å². The van der Waals surface area contributed by atoms with Gasteiger partial charge in [-0.05, 0) is 30.8 Å². The van der Waals surface area contributed by atoms with Gasteiger partial charge in [0.1, 0.15) is 18.2 Å². The van der Waals surface area contributed by atoms with Crippen LogP contribution < -0.4 is 4.90 Å². The average molecular weight is 386 g/mol. The van der Waals surface area contributed by atoms with Crippen molar-refractivity contribution in [3.05, 3.63) is 46.2 Å². The minimum atomic E-state index is -2.97. The number of aromatic nitrogens is 3. The Balaban J connectivity index is 1.75. The van der Waals surface area contributed by atoms with Crippen LogP contribution in [0.25, 0.3) is 0 Å². The fourth-order valence-corrected chi connectivity index (χ4v) is 5.21. The zero-order chi connectivity index (χ0) is 18.2. The fourth-order valence-electron chi connectivity index (χ4n) is 3.27. The second-order valence-electron chi connectivity index (χ2n) is 6.72. The first-order valence-corrected chi connectivity index (χ1v) is 10.4. The maximum absolute atomic E-state index is 13.3. The van der Waals surface area contributed by atoms with Gasteiger partial charge in [-0.2, -0.15) is 9.78 Å². The summed E-state index contributed by atoms with van der Waals surface area (Å²) in [5.74, 6) is 0.733. The summed E-state index contributed by atoms with van der Waals surface area (Å²) in [4.78, 5) is 1.10. The van der Waals surface area contributed by atoms with Crippen LogP contribution in [0.3, 0.4) is 0 Å². The monoisotopic (exact) mass is 385 g/mol. The predicted octanol–water partition coefficient (Wildman–Crippen LogP) is 0.665. The molecule has 1 aliphatic heterocycles. The van der Waals surface area contributed by atoms with E-state index in [1.54, 1.807) is 15.3 Å². The third-order valence-electron chi connectivity index (χ3n) is 4.49. The van der Waals surface area contributed by atoms with E-state index in [1.807, 2.05) is 20.2 Å². The van der Waals surface area contributed by atoms with Gasteiger partial charge in [-0.3, -0.25) is 0 Å². The van der Waals surface area contributed by atoms with Gasteiger partial charge in [-0.15, -0.1) is 0 Å². The molecule has 136 valence electrons. The lowest BCUT2D eigenvalue weighted by atomic mass is 10.1. The average Bonchev–Trinajstić information content (AvgIpc) is 3.01. The second-order valence-corrected chi connectivity index (χ2v) is 9.32. The molecule has 3 rings (SSSR count). The molecule has 9 heteroatoms. The molecule has 2 aromatic rings. The number of halogens is 1. The van der Waals surface area contributed by atoms with Gasteiger partial charge in [0, 0.05) is 18.5 Å². The number of benzene rings is 1. The van der Waals surface area contributed by atoms with Crippen molar-refractivity contribution < 1.29 is 17.7 Å². The lowest BCUT2D eigenvalue weighted by Gasteiger charge is -2.13. The number of quaternary nitrogens is 1. The molecule has 0 amide bonds. The first-order chi connectivity index (χ1) is 11.7. The number of nitrogens with zero attached hydrogens (tertiary/aromatic N) is 3. The van der Waals surface area contributed by atoms with Crippen LogP contribution in [-0.2, 0) is 30.1 Å². The lowest BCUT2D eigenvalue weighted by Crippen LogP contribution is -3.07. The summed E-state index contributed by atoms with van der Waals surface area (Å²) in [6.45, 7) is 1.17. The first kappa shape index (κ1) is 18.2. The summed E-state index contributed by atoms with van der Waals surface area (Å²) in [6.07, 6.45) is 0.591. The Bertz CT molecular complexity index is 936. The maximum Gasteiger partial charge on any atom is 0.202 e. The van der Waals surface area contributed by atoms with Crippen LogP contribution in [0.4, 0.5) is 4.39 Å². The highest BCUT2D eigenvalue weighted by molar-refractivity contribution is 7.91. The maximum atomic E-state index is 13.3. The largest absolute Gasteiger partial charge is 0.315 e. The molecule has 1 aliphatic rings. The van der Waals surface area contributed by atoms with E-state index in [0.717, 1.165) is 16.3 Å². The van der Waals surface area contributed by atoms with Crippen LogP contribution in [0.2, 0.25) is 0 Å². The van der Waals surface area contributed by atoms with E-state index in [0.29, 0.717) is 24.4 Å². The second kappa shape index (κ2) is 6.97. The summed E-state index contributed by atoms with van der Waals surface area (Å²) >= 11 is 5.45. The van der Waals surface area contributed by atoms with Crippen LogP contribution in [-0.4, -0.2) is 41.3 Å². The van der Waals surface area contributed by atoms with E-state index in [2.05, 4.69) is 5.10 Å². The van der Waals surface area contributed by atoms with Crippen molar-refractivity contribution in [1.29, 1.82) is 0 Å². The van der Waals surface area contributed by atoms with Crippen LogP contribution in [0.5, 0.6) is 0 Å². The van der Waals surface area contributed by atoms with E-state index < -0.39 is 9.84 Å². The quantitative estimate of drug-likeness (QED) is 0.769. The Morgan fingerprint density at radius 1 is 1.44 bits per heavy atom. The van der Waals surface area contributed by atoms with Gasteiger partial charge < -0.3 is 9.47 Å². The molecule has 2 heterocycles. The molecular weight excluding hydrogens is 363 g/mol. The summed E-state index contributed by atoms with van der Waals surface area (Å²) < 4.78 is 40.8. The minimum absolute atomic E-state index is 0.0959. The van der Waals surface area contributed by atoms with Crippen molar-refractivity contribution in [3.63, 3.8) is 0 Å². The number of nitrogens with one attached hydrogen (secondary N) is 1. The number of hydrogen-bond acceptors (Lipinski definition) is 4. The van der Waals surface area contributed by atoms with Crippen molar-refractivity contribution in [3.8, 4) is 0 Å². The Morgan fingerprint density at radius 2 is 2.20 bits per heavy atom. The zero-order valence-corrected chi connectivity index (χ0v) is 15.9. The third kappa shape index (κ3) is 4.16. The Morgan fingerprint density at radius 3 is 2.84 bits per heavy atom. The first-order valence-electron chi connectivity index (χ1n) is 8.15. The van der Waals surface area contributed by atoms with Crippen molar-refractivity contribution in [2.45, 2.75) is 25.6 Å².